The van der Waals surface area contributed by atoms with Crippen molar-refractivity contribution in [1.82, 2.24) is 10.2 Å². The van der Waals surface area contributed by atoms with Crippen LogP contribution in [-0.2, 0) is 0 Å². The van der Waals surface area contributed by atoms with Gasteiger partial charge in [-0.1, -0.05) is 26.0 Å². The maximum Gasteiger partial charge on any atom is 0.0309 e. The molecule has 2 atom stereocenters. The zero-order chi connectivity index (χ0) is 12.6. The highest BCUT2D eigenvalue weighted by molar-refractivity contribution is 5.06. The Morgan fingerprint density at radius 1 is 1.47 bits per heavy atom. The number of hydrogen-bond acceptors (Lipinski definition) is 2. The standard InChI is InChI=1S/C15H28N2/c1-11(2)9-17-10-15(5,13-6-7-13)16-8-14(17)12(3)4/h12-14,16H,1,6-10H2,2-5H3. The van der Waals surface area contributed by atoms with Crippen molar-refractivity contribution in [2.75, 3.05) is 19.6 Å². The molecule has 17 heavy (non-hydrogen) atoms. The number of nitrogens with zero attached hydrogens (tertiary/aromatic N) is 1. The fourth-order valence-electron chi connectivity index (χ4n) is 3.23. The van der Waals surface area contributed by atoms with Crippen molar-refractivity contribution in [3.05, 3.63) is 12.2 Å². The Bertz CT molecular complexity index is 293. The van der Waals surface area contributed by atoms with E-state index in [9.17, 15) is 0 Å². The van der Waals surface area contributed by atoms with Crippen LogP contribution in [0.3, 0.4) is 0 Å². The third-order valence-corrected chi connectivity index (χ3v) is 4.44. The van der Waals surface area contributed by atoms with Crippen LogP contribution in [0.5, 0.6) is 0 Å². The normalized spacial score (nSPS) is 35.2. The smallest absolute Gasteiger partial charge is 0.0309 e. The zero-order valence-corrected chi connectivity index (χ0v) is 11.9. The summed E-state index contributed by atoms with van der Waals surface area (Å²) in [6.07, 6.45) is 2.83. The molecule has 0 aromatic carbocycles. The molecule has 2 rings (SSSR count). The second kappa shape index (κ2) is 4.74. The highest BCUT2D eigenvalue weighted by Crippen LogP contribution is 2.41. The van der Waals surface area contributed by atoms with Gasteiger partial charge in [-0.2, -0.15) is 0 Å². The molecule has 0 bridgehead atoms. The van der Waals surface area contributed by atoms with Crippen molar-refractivity contribution in [2.45, 2.75) is 52.1 Å². The molecular formula is C15H28N2. The topological polar surface area (TPSA) is 15.3 Å². The van der Waals surface area contributed by atoms with Crippen molar-refractivity contribution >= 4 is 0 Å². The van der Waals surface area contributed by atoms with Crippen molar-refractivity contribution < 1.29 is 0 Å². The van der Waals surface area contributed by atoms with E-state index >= 15 is 0 Å². The molecule has 1 aliphatic carbocycles. The monoisotopic (exact) mass is 236 g/mol. The summed E-state index contributed by atoms with van der Waals surface area (Å²) in [5, 5.41) is 3.82. The molecule has 1 N–H and O–H groups in total. The van der Waals surface area contributed by atoms with Crippen molar-refractivity contribution in [3.63, 3.8) is 0 Å². The molecule has 1 aliphatic heterocycles. The molecule has 2 aliphatic rings. The lowest BCUT2D eigenvalue weighted by molar-refractivity contribution is 0.0603. The minimum absolute atomic E-state index is 0.348. The number of hydrogen-bond donors (Lipinski definition) is 1. The molecule has 0 amide bonds. The third kappa shape index (κ3) is 2.92. The average Bonchev–Trinajstić information content (AvgIpc) is 2.98. The quantitative estimate of drug-likeness (QED) is 0.755. The van der Waals surface area contributed by atoms with E-state index in [0.717, 1.165) is 19.0 Å². The van der Waals surface area contributed by atoms with Crippen LogP contribution in [0.4, 0.5) is 0 Å². The third-order valence-electron chi connectivity index (χ3n) is 4.44. The first kappa shape index (κ1) is 13.1. The van der Waals surface area contributed by atoms with Crippen LogP contribution < -0.4 is 5.32 Å². The van der Waals surface area contributed by atoms with Gasteiger partial charge in [0, 0.05) is 31.2 Å². The second-order valence-electron chi connectivity index (χ2n) is 6.75. The minimum atomic E-state index is 0.348. The van der Waals surface area contributed by atoms with Crippen LogP contribution in [0, 0.1) is 11.8 Å². The van der Waals surface area contributed by atoms with Crippen LogP contribution >= 0.6 is 0 Å². The highest BCUT2D eigenvalue weighted by Gasteiger charge is 2.46. The summed E-state index contributed by atoms with van der Waals surface area (Å²) >= 11 is 0. The fourth-order valence-corrected chi connectivity index (χ4v) is 3.23. The van der Waals surface area contributed by atoms with E-state index in [1.165, 1.54) is 25.0 Å². The van der Waals surface area contributed by atoms with Crippen molar-refractivity contribution in [1.29, 1.82) is 0 Å². The van der Waals surface area contributed by atoms with Crippen molar-refractivity contribution in [2.24, 2.45) is 11.8 Å². The van der Waals surface area contributed by atoms with E-state index in [1.807, 2.05) is 0 Å². The van der Waals surface area contributed by atoms with Gasteiger partial charge in [-0.25, -0.2) is 0 Å². The van der Waals surface area contributed by atoms with Gasteiger partial charge in [-0.15, -0.1) is 0 Å². The lowest BCUT2D eigenvalue weighted by Crippen LogP contribution is -2.65. The minimum Gasteiger partial charge on any atom is -0.308 e. The second-order valence-corrected chi connectivity index (χ2v) is 6.75. The van der Waals surface area contributed by atoms with Gasteiger partial charge in [0.25, 0.3) is 0 Å². The molecule has 0 spiro atoms. The molecule has 2 fully saturated rings. The largest absolute Gasteiger partial charge is 0.308 e. The van der Waals surface area contributed by atoms with E-state index in [2.05, 4.69) is 44.5 Å². The summed E-state index contributed by atoms with van der Waals surface area (Å²) in [5.74, 6) is 1.62. The van der Waals surface area contributed by atoms with Crippen LogP contribution in [-0.4, -0.2) is 36.1 Å². The molecule has 1 heterocycles. The first-order valence-electron chi connectivity index (χ1n) is 7.06. The summed E-state index contributed by atoms with van der Waals surface area (Å²) in [5.41, 5.74) is 1.64. The van der Waals surface area contributed by atoms with Gasteiger partial charge < -0.3 is 5.32 Å². The lowest BCUT2D eigenvalue weighted by atomic mass is 9.88. The molecular weight excluding hydrogens is 208 g/mol. The molecule has 98 valence electrons. The van der Waals surface area contributed by atoms with Gasteiger partial charge in [0.05, 0.1) is 0 Å². The van der Waals surface area contributed by atoms with E-state index in [0.29, 0.717) is 17.5 Å². The fraction of sp³-hybridized carbons (Fsp3) is 0.867. The molecule has 0 aromatic heterocycles. The van der Waals surface area contributed by atoms with Gasteiger partial charge in [-0.05, 0) is 38.5 Å². The van der Waals surface area contributed by atoms with E-state index in [4.69, 9.17) is 0 Å². The summed E-state index contributed by atoms with van der Waals surface area (Å²) < 4.78 is 0. The Kier molecular flexibility index (Phi) is 3.65. The van der Waals surface area contributed by atoms with Gasteiger partial charge in [0.2, 0.25) is 0 Å². The predicted octanol–water partition coefficient (Wildman–Crippen LogP) is 2.66. The lowest BCUT2D eigenvalue weighted by Gasteiger charge is -2.48. The summed E-state index contributed by atoms with van der Waals surface area (Å²) in [6, 6.07) is 0.665. The van der Waals surface area contributed by atoms with Crippen molar-refractivity contribution in [3.8, 4) is 0 Å². The number of piperazine rings is 1. The molecule has 1 saturated carbocycles. The molecule has 2 unspecified atom stereocenters. The van der Waals surface area contributed by atoms with E-state index in [1.54, 1.807) is 0 Å². The SMILES string of the molecule is C=C(C)CN1CC(C)(C2CC2)NCC1C(C)C. The Hall–Kier alpha value is -0.340. The van der Waals surface area contributed by atoms with Crippen LogP contribution in [0.25, 0.3) is 0 Å². The Balaban J connectivity index is 2.06. The maximum atomic E-state index is 4.09. The maximum absolute atomic E-state index is 4.09. The van der Waals surface area contributed by atoms with E-state index < -0.39 is 0 Å². The van der Waals surface area contributed by atoms with Gasteiger partial charge in [-0.3, -0.25) is 4.90 Å². The average molecular weight is 236 g/mol. The molecule has 0 radical (unpaired) electrons. The first-order valence-corrected chi connectivity index (χ1v) is 7.06. The Labute approximate surface area is 106 Å². The van der Waals surface area contributed by atoms with Gasteiger partial charge >= 0.3 is 0 Å². The Morgan fingerprint density at radius 2 is 2.12 bits per heavy atom. The van der Waals surface area contributed by atoms with Crippen LogP contribution in [0.2, 0.25) is 0 Å². The molecule has 0 aromatic rings. The van der Waals surface area contributed by atoms with Gasteiger partial charge in [0.15, 0.2) is 0 Å². The van der Waals surface area contributed by atoms with Crippen LogP contribution in [0.15, 0.2) is 12.2 Å². The highest BCUT2D eigenvalue weighted by atomic mass is 15.3. The molecule has 2 nitrogen and oxygen atoms in total. The van der Waals surface area contributed by atoms with E-state index in [-0.39, 0.29) is 0 Å². The zero-order valence-electron chi connectivity index (χ0n) is 11.9. The summed E-state index contributed by atoms with van der Waals surface area (Å²) in [4.78, 5) is 2.65. The Morgan fingerprint density at radius 3 is 2.59 bits per heavy atom. The predicted molar refractivity (Wildman–Crippen MR) is 74.1 cm³/mol. The summed E-state index contributed by atoms with van der Waals surface area (Å²) in [7, 11) is 0. The van der Waals surface area contributed by atoms with Crippen LogP contribution in [0.1, 0.15) is 40.5 Å². The van der Waals surface area contributed by atoms with Gasteiger partial charge in [0.1, 0.15) is 0 Å². The number of rotatable bonds is 4. The number of nitrogens with one attached hydrogen (secondary N) is 1. The molecule has 2 heteroatoms. The molecule has 1 saturated heterocycles. The first-order chi connectivity index (χ1) is 7.92. The summed E-state index contributed by atoms with van der Waals surface area (Å²) in [6.45, 7) is 16.7.